The molecule has 1 amide bonds. The molecule has 0 aromatic heterocycles. The van der Waals surface area contributed by atoms with E-state index in [0.29, 0.717) is 12.0 Å². The van der Waals surface area contributed by atoms with Crippen molar-refractivity contribution in [3.8, 4) is 5.75 Å². The Morgan fingerprint density at radius 1 is 1.21 bits per heavy atom. The van der Waals surface area contributed by atoms with E-state index in [1.54, 1.807) is 0 Å². The van der Waals surface area contributed by atoms with Gasteiger partial charge in [-0.1, -0.05) is 19.8 Å². The highest BCUT2D eigenvalue weighted by molar-refractivity contribution is 5.79. The van der Waals surface area contributed by atoms with Crippen LogP contribution in [-0.2, 0) is 17.6 Å². The number of quaternary nitrogens is 1. The summed E-state index contributed by atoms with van der Waals surface area (Å²) in [6, 6.07) is 2.63. The van der Waals surface area contributed by atoms with Gasteiger partial charge in [-0.3, -0.25) is 4.79 Å². The number of nitrogens with one attached hydrogen (secondary N) is 2. The van der Waals surface area contributed by atoms with E-state index in [4.69, 9.17) is 4.74 Å². The summed E-state index contributed by atoms with van der Waals surface area (Å²) in [4.78, 5) is 14.2. The maximum Gasteiger partial charge on any atom is 0.223 e. The highest BCUT2D eigenvalue weighted by Crippen LogP contribution is 2.37. The second-order valence-electron chi connectivity index (χ2n) is 9.36. The van der Waals surface area contributed by atoms with E-state index in [1.807, 2.05) is 0 Å². The average molecular weight is 388 g/mol. The molecule has 4 heteroatoms. The lowest BCUT2D eigenvalue weighted by Gasteiger charge is -2.32. The van der Waals surface area contributed by atoms with Crippen molar-refractivity contribution in [2.75, 3.05) is 27.2 Å². The summed E-state index contributed by atoms with van der Waals surface area (Å²) in [6.45, 7) is 8.27. The van der Waals surface area contributed by atoms with Crippen molar-refractivity contribution < 1.29 is 14.4 Å². The average Bonchev–Trinajstić information content (AvgIpc) is 3.17. The molecule has 0 aliphatic heterocycles. The van der Waals surface area contributed by atoms with E-state index in [-0.39, 0.29) is 11.8 Å². The van der Waals surface area contributed by atoms with E-state index in [0.717, 1.165) is 51.0 Å². The minimum Gasteiger partial charge on any atom is -0.487 e. The number of rotatable bonds is 7. The van der Waals surface area contributed by atoms with E-state index < -0.39 is 0 Å². The fourth-order valence-electron chi connectivity index (χ4n) is 4.88. The van der Waals surface area contributed by atoms with Crippen LogP contribution >= 0.6 is 0 Å². The van der Waals surface area contributed by atoms with Crippen LogP contribution in [0.3, 0.4) is 0 Å². The zero-order chi connectivity index (χ0) is 20.3. The number of hydrogen-bond acceptors (Lipinski definition) is 2. The first-order valence-corrected chi connectivity index (χ1v) is 11.2. The first-order chi connectivity index (χ1) is 13.4. The fraction of sp³-hybridized carbons (Fsp3) is 0.708. The van der Waals surface area contributed by atoms with Crippen LogP contribution in [0, 0.1) is 25.7 Å². The molecule has 0 radical (unpaired) electrons. The topological polar surface area (TPSA) is 42.8 Å². The van der Waals surface area contributed by atoms with Gasteiger partial charge in [0.25, 0.3) is 0 Å². The summed E-state index contributed by atoms with van der Waals surface area (Å²) >= 11 is 0. The van der Waals surface area contributed by atoms with Gasteiger partial charge in [0.15, 0.2) is 0 Å². The Morgan fingerprint density at radius 2 is 1.93 bits per heavy atom. The van der Waals surface area contributed by atoms with Crippen LogP contribution in [-0.4, -0.2) is 39.2 Å². The van der Waals surface area contributed by atoms with Gasteiger partial charge in [-0.25, -0.2) is 0 Å². The summed E-state index contributed by atoms with van der Waals surface area (Å²) in [5, 5.41) is 3.31. The smallest absolute Gasteiger partial charge is 0.223 e. The third kappa shape index (κ3) is 4.89. The van der Waals surface area contributed by atoms with Crippen molar-refractivity contribution in [3.63, 3.8) is 0 Å². The predicted molar refractivity (Wildman–Crippen MR) is 114 cm³/mol. The van der Waals surface area contributed by atoms with Gasteiger partial charge in [0.2, 0.25) is 5.91 Å². The standard InChI is InChI=1S/C24H38N2O2/c1-16-14-23(28-13-12-26(4)5)18(3)22-15-19(10-11-21(16)22)17(2)24(27)25-20-8-6-7-9-20/h14,17,19-20H,6-13,15H2,1-5H3,(H,25,27)/p+1/t17-,19+/m0/s1. The van der Waals surface area contributed by atoms with Crippen molar-refractivity contribution in [2.24, 2.45) is 11.8 Å². The number of fused-ring (bicyclic) bond motifs is 1. The molecule has 0 heterocycles. The zero-order valence-corrected chi connectivity index (χ0v) is 18.5. The molecule has 0 saturated heterocycles. The van der Waals surface area contributed by atoms with E-state index >= 15 is 0 Å². The quantitative estimate of drug-likeness (QED) is 0.755. The van der Waals surface area contributed by atoms with Gasteiger partial charge >= 0.3 is 0 Å². The second-order valence-corrected chi connectivity index (χ2v) is 9.36. The first kappa shape index (κ1) is 21.2. The van der Waals surface area contributed by atoms with Gasteiger partial charge in [0, 0.05) is 12.0 Å². The fourth-order valence-corrected chi connectivity index (χ4v) is 4.88. The molecule has 0 bridgehead atoms. The molecule has 2 aliphatic rings. The normalized spacial score (nSPS) is 20.9. The highest BCUT2D eigenvalue weighted by Gasteiger charge is 2.31. The van der Waals surface area contributed by atoms with Crippen LogP contribution in [0.2, 0.25) is 0 Å². The van der Waals surface area contributed by atoms with Crippen molar-refractivity contribution in [2.45, 2.75) is 71.8 Å². The largest absolute Gasteiger partial charge is 0.487 e. The van der Waals surface area contributed by atoms with Gasteiger partial charge in [-0.05, 0) is 80.2 Å². The number of amides is 1. The molecule has 1 saturated carbocycles. The summed E-state index contributed by atoms with van der Waals surface area (Å²) in [6.07, 6.45) is 8.00. The lowest BCUT2D eigenvalue weighted by atomic mass is 9.74. The summed E-state index contributed by atoms with van der Waals surface area (Å²) in [5.41, 5.74) is 5.54. The third-order valence-corrected chi connectivity index (χ3v) is 6.92. The Hall–Kier alpha value is -1.55. The van der Waals surface area contributed by atoms with E-state index in [9.17, 15) is 4.79 Å². The number of carbonyl (C=O) groups is 1. The van der Waals surface area contributed by atoms with Gasteiger partial charge < -0.3 is 15.0 Å². The molecule has 3 rings (SSSR count). The van der Waals surface area contributed by atoms with Crippen LogP contribution in [0.1, 0.15) is 61.3 Å². The van der Waals surface area contributed by atoms with Gasteiger partial charge in [0.1, 0.15) is 18.9 Å². The molecule has 156 valence electrons. The molecule has 1 fully saturated rings. The van der Waals surface area contributed by atoms with Crippen LogP contribution in [0.5, 0.6) is 5.75 Å². The van der Waals surface area contributed by atoms with Crippen molar-refractivity contribution >= 4 is 5.91 Å². The number of hydrogen-bond donors (Lipinski definition) is 2. The monoisotopic (exact) mass is 387 g/mol. The van der Waals surface area contributed by atoms with Gasteiger partial charge in [0.05, 0.1) is 14.1 Å². The lowest BCUT2D eigenvalue weighted by Crippen LogP contribution is -3.06. The highest BCUT2D eigenvalue weighted by atomic mass is 16.5. The van der Waals surface area contributed by atoms with Crippen LogP contribution < -0.4 is 15.0 Å². The number of carbonyl (C=O) groups excluding carboxylic acids is 1. The van der Waals surface area contributed by atoms with E-state index in [2.05, 4.69) is 46.2 Å². The van der Waals surface area contributed by atoms with Crippen LogP contribution in [0.4, 0.5) is 0 Å². The van der Waals surface area contributed by atoms with Gasteiger partial charge in [-0.2, -0.15) is 0 Å². The van der Waals surface area contributed by atoms with Crippen LogP contribution in [0.15, 0.2) is 6.07 Å². The van der Waals surface area contributed by atoms with Crippen molar-refractivity contribution in [1.82, 2.24) is 5.32 Å². The Bertz CT molecular complexity index is 692. The van der Waals surface area contributed by atoms with Crippen molar-refractivity contribution in [1.29, 1.82) is 0 Å². The molecule has 2 N–H and O–H groups in total. The zero-order valence-electron chi connectivity index (χ0n) is 18.5. The molecule has 1 aromatic rings. The summed E-state index contributed by atoms with van der Waals surface area (Å²) in [5.74, 6) is 1.79. The molecule has 4 nitrogen and oxygen atoms in total. The molecule has 2 aliphatic carbocycles. The third-order valence-electron chi connectivity index (χ3n) is 6.92. The molecule has 2 atom stereocenters. The number of benzene rings is 1. The number of aryl methyl sites for hydroxylation is 1. The Labute approximate surface area is 171 Å². The summed E-state index contributed by atoms with van der Waals surface area (Å²) < 4.78 is 6.13. The lowest BCUT2D eigenvalue weighted by molar-refractivity contribution is -0.858. The molecular formula is C24H39N2O2+. The van der Waals surface area contributed by atoms with Crippen molar-refractivity contribution in [3.05, 3.63) is 28.3 Å². The molecule has 0 spiro atoms. The van der Waals surface area contributed by atoms with E-state index in [1.165, 1.54) is 40.0 Å². The first-order valence-electron chi connectivity index (χ1n) is 11.2. The molecular weight excluding hydrogens is 348 g/mol. The summed E-state index contributed by atoms with van der Waals surface area (Å²) in [7, 11) is 4.30. The predicted octanol–water partition coefficient (Wildman–Crippen LogP) is 2.63. The number of likely N-dealkylation sites (N-methyl/N-ethyl adjacent to an activating group) is 1. The second kappa shape index (κ2) is 9.30. The van der Waals surface area contributed by atoms with Gasteiger partial charge in [-0.15, -0.1) is 0 Å². The maximum atomic E-state index is 12.8. The minimum atomic E-state index is 0.0790. The Kier molecular flexibility index (Phi) is 7.03. The SMILES string of the molecule is Cc1cc(OCC[NH+](C)C)c(C)c2c1CC[C@@H]([C@H](C)C(=O)NC1CCCC1)C2. The molecule has 0 unspecified atom stereocenters. The molecule has 1 aromatic carbocycles. The minimum absolute atomic E-state index is 0.0790. The maximum absolute atomic E-state index is 12.8. The number of ether oxygens (including phenoxy) is 1. The molecule has 28 heavy (non-hydrogen) atoms. The Morgan fingerprint density at radius 3 is 2.61 bits per heavy atom. The van der Waals surface area contributed by atoms with Crippen LogP contribution in [0.25, 0.3) is 0 Å². The Balaban J connectivity index is 1.69.